The number of benzene rings is 1. The molecule has 0 amide bonds. The molecule has 1 aromatic carbocycles. The smallest absolute Gasteiger partial charge is 0.428 e. The van der Waals surface area contributed by atoms with Crippen molar-refractivity contribution in [2.45, 2.75) is 51.2 Å². The number of halogens is 6. The van der Waals surface area contributed by atoms with Crippen molar-refractivity contribution < 1.29 is 22.3 Å². The van der Waals surface area contributed by atoms with Crippen LogP contribution in [0.4, 0.5) is 17.6 Å². The molecule has 1 aliphatic heterocycles. The van der Waals surface area contributed by atoms with Gasteiger partial charge in [0.25, 0.3) is 0 Å². The molecule has 1 aromatic rings. The van der Waals surface area contributed by atoms with Gasteiger partial charge in [-0.2, -0.15) is 17.6 Å². The Hall–Kier alpha value is -0.760. The van der Waals surface area contributed by atoms with Gasteiger partial charge < -0.3 is 10.1 Å². The maximum Gasteiger partial charge on any atom is 0.461 e. The maximum atomic E-state index is 13.0. The lowest BCUT2D eigenvalue weighted by molar-refractivity contribution is -0.253. The Morgan fingerprint density at radius 3 is 2.19 bits per heavy atom. The zero-order valence-corrected chi connectivity index (χ0v) is 16.9. The van der Waals surface area contributed by atoms with E-state index in [1.165, 1.54) is 12.1 Å². The second-order valence-electron chi connectivity index (χ2n) is 6.33. The number of unbranched alkanes of at least 4 members (excludes halogenated alkanes) is 2. The van der Waals surface area contributed by atoms with Crippen LogP contribution in [0.1, 0.15) is 44.2 Å². The summed E-state index contributed by atoms with van der Waals surface area (Å²) in [6, 6.07) is 6.31. The van der Waals surface area contributed by atoms with E-state index < -0.39 is 12.5 Å². The number of piperazine rings is 1. The topological polar surface area (TPSA) is 24.5 Å². The molecule has 1 N–H and O–H groups in total. The van der Waals surface area contributed by atoms with Crippen LogP contribution in [0.25, 0.3) is 0 Å². The van der Waals surface area contributed by atoms with Crippen LogP contribution in [-0.2, 0) is 0 Å². The minimum absolute atomic E-state index is 0. The summed E-state index contributed by atoms with van der Waals surface area (Å²) in [7, 11) is 0. The van der Waals surface area contributed by atoms with Crippen molar-refractivity contribution in [2.75, 3.05) is 26.2 Å². The van der Waals surface area contributed by atoms with Crippen LogP contribution in [0.2, 0.25) is 0 Å². The van der Waals surface area contributed by atoms with E-state index in [0.717, 1.165) is 57.4 Å². The predicted octanol–water partition coefficient (Wildman–Crippen LogP) is 5.29. The fourth-order valence-corrected chi connectivity index (χ4v) is 3.10. The molecule has 9 heteroatoms. The molecule has 0 unspecified atom stereocenters. The van der Waals surface area contributed by atoms with Crippen molar-refractivity contribution in [2.24, 2.45) is 0 Å². The van der Waals surface area contributed by atoms with Gasteiger partial charge in [-0.15, -0.1) is 24.8 Å². The largest absolute Gasteiger partial charge is 0.461 e. The third kappa shape index (κ3) is 8.02. The molecule has 0 radical (unpaired) electrons. The Morgan fingerprint density at radius 2 is 1.67 bits per heavy atom. The molecule has 1 saturated heterocycles. The molecular weight excluding hydrogens is 407 g/mol. The van der Waals surface area contributed by atoms with Crippen LogP contribution in [-0.4, -0.2) is 43.6 Å². The molecule has 158 valence electrons. The van der Waals surface area contributed by atoms with Gasteiger partial charge in [0.15, 0.2) is 0 Å². The summed E-state index contributed by atoms with van der Waals surface area (Å²) in [6.07, 6.45) is -3.97. The minimum Gasteiger partial charge on any atom is -0.428 e. The van der Waals surface area contributed by atoms with E-state index in [4.69, 9.17) is 0 Å². The van der Waals surface area contributed by atoms with Crippen molar-refractivity contribution in [1.29, 1.82) is 0 Å². The minimum atomic E-state index is -4.47. The van der Waals surface area contributed by atoms with E-state index in [1.54, 1.807) is 12.1 Å². The number of nitrogens with one attached hydrogen (secondary N) is 1. The molecule has 27 heavy (non-hydrogen) atoms. The second-order valence-corrected chi connectivity index (χ2v) is 6.33. The molecule has 1 aliphatic rings. The van der Waals surface area contributed by atoms with Crippen LogP contribution < -0.4 is 10.1 Å². The zero-order chi connectivity index (χ0) is 18.3. The summed E-state index contributed by atoms with van der Waals surface area (Å²) in [4.78, 5) is 2.38. The van der Waals surface area contributed by atoms with Crippen molar-refractivity contribution in [1.82, 2.24) is 10.2 Å². The number of alkyl halides is 4. The van der Waals surface area contributed by atoms with Gasteiger partial charge in [-0.3, -0.25) is 4.90 Å². The number of hydrogen-bond donors (Lipinski definition) is 1. The number of rotatable bonds is 9. The standard InChI is InChI=1S/C18H26F4N2O.2ClH/c1-2-3-4-5-16(24-12-10-23-11-13-24)14-6-8-15(9-7-14)25-18(21,22)17(19)20;;/h6-9,16-17,23H,2-5,10-13H2,1H3;2*1H/t16-;;/m1../s1. The monoisotopic (exact) mass is 434 g/mol. The van der Waals surface area contributed by atoms with Crippen LogP contribution in [0.15, 0.2) is 24.3 Å². The highest BCUT2D eigenvalue weighted by Gasteiger charge is 2.43. The van der Waals surface area contributed by atoms with Gasteiger partial charge in [-0.25, -0.2) is 0 Å². The fourth-order valence-electron chi connectivity index (χ4n) is 3.10. The van der Waals surface area contributed by atoms with Gasteiger partial charge in [0, 0.05) is 32.2 Å². The molecule has 0 aliphatic carbocycles. The molecule has 3 nitrogen and oxygen atoms in total. The number of hydrogen-bond acceptors (Lipinski definition) is 3. The van der Waals surface area contributed by atoms with E-state index >= 15 is 0 Å². The van der Waals surface area contributed by atoms with Crippen LogP contribution >= 0.6 is 24.8 Å². The fraction of sp³-hybridized carbons (Fsp3) is 0.667. The summed E-state index contributed by atoms with van der Waals surface area (Å²) < 4.78 is 54.6. The Labute approximate surface area is 170 Å². The van der Waals surface area contributed by atoms with Gasteiger partial charge in [0.1, 0.15) is 5.75 Å². The van der Waals surface area contributed by atoms with Gasteiger partial charge >= 0.3 is 12.5 Å². The Morgan fingerprint density at radius 1 is 1.07 bits per heavy atom. The summed E-state index contributed by atoms with van der Waals surface area (Å²) in [5.74, 6) is -0.248. The highest BCUT2D eigenvalue weighted by molar-refractivity contribution is 5.85. The number of ether oxygens (including phenoxy) is 1. The molecule has 1 atom stereocenters. The van der Waals surface area contributed by atoms with Crippen LogP contribution in [0.5, 0.6) is 5.75 Å². The lowest BCUT2D eigenvalue weighted by Gasteiger charge is -2.35. The van der Waals surface area contributed by atoms with Crippen molar-refractivity contribution >= 4 is 24.8 Å². The van der Waals surface area contributed by atoms with Crippen molar-refractivity contribution in [3.05, 3.63) is 29.8 Å². The first-order valence-corrected chi connectivity index (χ1v) is 8.83. The molecule has 0 aromatic heterocycles. The van der Waals surface area contributed by atoms with Gasteiger partial charge in [0.2, 0.25) is 0 Å². The van der Waals surface area contributed by atoms with Crippen LogP contribution in [0, 0.1) is 0 Å². The van der Waals surface area contributed by atoms with Crippen molar-refractivity contribution in [3.8, 4) is 5.75 Å². The average Bonchev–Trinajstić information content (AvgIpc) is 2.60. The van der Waals surface area contributed by atoms with E-state index in [1.807, 2.05) is 0 Å². The molecule has 1 fully saturated rings. The summed E-state index contributed by atoms with van der Waals surface area (Å²) in [5, 5.41) is 3.32. The maximum absolute atomic E-state index is 13.0. The van der Waals surface area contributed by atoms with Gasteiger partial charge in [-0.1, -0.05) is 38.3 Å². The summed E-state index contributed by atoms with van der Waals surface area (Å²) >= 11 is 0. The predicted molar refractivity (Wildman–Crippen MR) is 104 cm³/mol. The Bertz CT molecular complexity index is 515. The summed E-state index contributed by atoms with van der Waals surface area (Å²) in [5.41, 5.74) is 1.01. The SMILES string of the molecule is CCCCC[C@H](c1ccc(OC(F)(F)C(F)F)cc1)N1CCNCC1.Cl.Cl. The Balaban J connectivity index is 0.00000338. The number of nitrogens with zero attached hydrogens (tertiary/aromatic N) is 1. The second kappa shape index (κ2) is 12.6. The lowest BCUT2D eigenvalue weighted by Crippen LogP contribution is -2.45. The summed E-state index contributed by atoms with van der Waals surface area (Å²) in [6.45, 7) is 5.85. The normalized spacial score (nSPS) is 16.4. The molecule has 0 spiro atoms. The lowest BCUT2D eigenvalue weighted by atomic mass is 9.98. The van der Waals surface area contributed by atoms with E-state index in [0.29, 0.717) is 0 Å². The molecule has 0 bridgehead atoms. The highest BCUT2D eigenvalue weighted by Crippen LogP contribution is 2.31. The average molecular weight is 435 g/mol. The highest BCUT2D eigenvalue weighted by atomic mass is 35.5. The van der Waals surface area contributed by atoms with Gasteiger partial charge in [-0.05, 0) is 24.1 Å². The molecule has 2 rings (SSSR count). The quantitative estimate of drug-likeness (QED) is 0.421. The molecule has 0 saturated carbocycles. The van der Waals surface area contributed by atoms with Gasteiger partial charge in [0.05, 0.1) is 0 Å². The zero-order valence-electron chi connectivity index (χ0n) is 15.3. The molecule has 1 heterocycles. The third-order valence-corrected chi connectivity index (χ3v) is 4.45. The first-order valence-electron chi connectivity index (χ1n) is 8.83. The van der Waals surface area contributed by atoms with Crippen LogP contribution in [0.3, 0.4) is 0 Å². The Kier molecular flexibility index (Phi) is 12.3. The first kappa shape index (κ1) is 26.2. The first-order chi connectivity index (χ1) is 11.9. The third-order valence-electron chi connectivity index (χ3n) is 4.45. The van der Waals surface area contributed by atoms with E-state index in [-0.39, 0.29) is 36.6 Å². The van der Waals surface area contributed by atoms with Crippen molar-refractivity contribution in [3.63, 3.8) is 0 Å². The van der Waals surface area contributed by atoms with E-state index in [2.05, 4.69) is 21.9 Å². The van der Waals surface area contributed by atoms with E-state index in [9.17, 15) is 17.6 Å². The molecular formula is C18H28Cl2F4N2O.